The number of amides is 2. The van der Waals surface area contributed by atoms with Crippen LogP contribution in [0, 0.1) is 5.92 Å². The minimum Gasteiger partial charge on any atom is -0.455 e. The zero-order valence-corrected chi connectivity index (χ0v) is 20.4. The molecular formula is C26H38N2O7. The summed E-state index contributed by atoms with van der Waals surface area (Å²) in [6, 6.07) is 8.65. The number of cyclic esters (lactones) is 1. The smallest absolute Gasteiger partial charge is 0.306 e. The summed E-state index contributed by atoms with van der Waals surface area (Å²) in [6.07, 6.45) is 6.22. The van der Waals surface area contributed by atoms with Crippen molar-refractivity contribution < 1.29 is 33.7 Å². The van der Waals surface area contributed by atoms with E-state index in [9.17, 15) is 14.4 Å². The van der Waals surface area contributed by atoms with Gasteiger partial charge in [-0.3, -0.25) is 14.4 Å². The van der Waals surface area contributed by atoms with Crippen LogP contribution in [0.3, 0.4) is 0 Å². The van der Waals surface area contributed by atoms with Gasteiger partial charge in [0.25, 0.3) is 0 Å². The van der Waals surface area contributed by atoms with Gasteiger partial charge < -0.3 is 30.0 Å². The number of aliphatic hydroxyl groups is 1. The van der Waals surface area contributed by atoms with Crippen LogP contribution >= 0.6 is 0 Å². The molecule has 1 aliphatic heterocycles. The average Bonchev–Trinajstić information content (AvgIpc) is 2.85. The molecule has 1 aromatic carbocycles. The number of ether oxygens (including phenoxy) is 3. The van der Waals surface area contributed by atoms with Crippen molar-refractivity contribution in [3.63, 3.8) is 0 Å². The normalized spacial score (nSPS) is 22.1. The molecule has 2 rings (SSSR count). The molecule has 3 N–H and O–H groups in total. The summed E-state index contributed by atoms with van der Waals surface area (Å²) in [4.78, 5) is 38.4. The molecule has 1 aliphatic rings. The summed E-state index contributed by atoms with van der Waals surface area (Å²) in [6.45, 7) is 0.837. The monoisotopic (exact) mass is 490 g/mol. The van der Waals surface area contributed by atoms with Crippen molar-refractivity contribution in [3.05, 3.63) is 48.0 Å². The van der Waals surface area contributed by atoms with Crippen LogP contribution < -0.4 is 10.6 Å². The molecule has 9 nitrogen and oxygen atoms in total. The minimum atomic E-state index is -0.718. The fourth-order valence-electron chi connectivity index (χ4n) is 3.83. The second kappa shape index (κ2) is 16.8. The lowest BCUT2D eigenvalue weighted by molar-refractivity contribution is -0.153. The van der Waals surface area contributed by atoms with Gasteiger partial charge in [-0.25, -0.2) is 0 Å². The summed E-state index contributed by atoms with van der Waals surface area (Å²) in [7, 11) is 1.52. The molecule has 0 spiro atoms. The van der Waals surface area contributed by atoms with Crippen molar-refractivity contribution in [2.75, 3.05) is 40.1 Å². The molecule has 0 unspecified atom stereocenters. The number of hydrogen-bond donors (Lipinski definition) is 3. The molecule has 0 saturated carbocycles. The van der Waals surface area contributed by atoms with Gasteiger partial charge >= 0.3 is 5.97 Å². The molecule has 2 amide bonds. The largest absolute Gasteiger partial charge is 0.455 e. The molecule has 0 aromatic heterocycles. The quantitative estimate of drug-likeness (QED) is 0.261. The molecule has 3 atom stereocenters. The van der Waals surface area contributed by atoms with E-state index in [0.717, 1.165) is 18.4 Å². The van der Waals surface area contributed by atoms with Crippen LogP contribution in [0.4, 0.5) is 0 Å². The van der Waals surface area contributed by atoms with Gasteiger partial charge in [0.05, 0.1) is 38.4 Å². The van der Waals surface area contributed by atoms with E-state index in [1.807, 2.05) is 42.5 Å². The van der Waals surface area contributed by atoms with E-state index >= 15 is 0 Å². The summed E-state index contributed by atoms with van der Waals surface area (Å²) in [5, 5.41) is 14.5. The van der Waals surface area contributed by atoms with Gasteiger partial charge in [0.1, 0.15) is 6.10 Å². The lowest BCUT2D eigenvalue weighted by atomic mass is 9.96. The highest BCUT2D eigenvalue weighted by atomic mass is 16.5. The Bertz CT molecular complexity index is 800. The Labute approximate surface area is 207 Å². The number of aliphatic hydroxyl groups excluding tert-OH is 1. The van der Waals surface area contributed by atoms with E-state index in [2.05, 4.69) is 10.6 Å². The molecule has 1 aromatic rings. The van der Waals surface area contributed by atoms with E-state index in [4.69, 9.17) is 19.3 Å². The lowest BCUT2D eigenvalue weighted by Crippen LogP contribution is -2.47. The number of carbonyl (C=O) groups is 3. The van der Waals surface area contributed by atoms with E-state index in [-0.39, 0.29) is 50.6 Å². The Balaban J connectivity index is 2.18. The summed E-state index contributed by atoms with van der Waals surface area (Å²) < 4.78 is 16.3. The maximum absolute atomic E-state index is 13.3. The number of rotatable bonds is 10. The van der Waals surface area contributed by atoms with Gasteiger partial charge in [0, 0.05) is 26.5 Å². The predicted octanol–water partition coefficient (Wildman–Crippen LogP) is 2.05. The van der Waals surface area contributed by atoms with Crippen LogP contribution in [0.5, 0.6) is 0 Å². The third-order valence-corrected chi connectivity index (χ3v) is 5.62. The molecule has 9 heteroatoms. The number of carbonyl (C=O) groups excluding carboxylic acids is 3. The van der Waals surface area contributed by atoms with Gasteiger partial charge in [-0.05, 0) is 31.2 Å². The fraction of sp³-hybridized carbons (Fsp3) is 0.577. The van der Waals surface area contributed by atoms with Crippen molar-refractivity contribution in [1.29, 1.82) is 0 Å². The molecule has 194 valence electrons. The fourth-order valence-corrected chi connectivity index (χ4v) is 3.83. The first-order chi connectivity index (χ1) is 17.0. The maximum Gasteiger partial charge on any atom is 0.306 e. The van der Waals surface area contributed by atoms with Crippen LogP contribution in [-0.2, 0) is 28.6 Å². The van der Waals surface area contributed by atoms with E-state index in [1.54, 1.807) is 0 Å². The van der Waals surface area contributed by atoms with Crippen LogP contribution in [0.1, 0.15) is 50.2 Å². The Kier molecular flexibility index (Phi) is 13.7. The Morgan fingerprint density at radius 2 is 1.97 bits per heavy atom. The lowest BCUT2D eigenvalue weighted by Gasteiger charge is -2.29. The first kappa shape index (κ1) is 28.5. The topological polar surface area (TPSA) is 123 Å². The van der Waals surface area contributed by atoms with Gasteiger partial charge in [-0.15, -0.1) is 0 Å². The summed E-state index contributed by atoms with van der Waals surface area (Å²) >= 11 is 0. The SMILES string of the molecule is COC[C@@H]1NC(=O)[C@@H](CC(=O)NCCOCCO)CC=CCCCCC(=O)O[C@H]1c1ccccc1. The standard InChI is InChI=1S/C26H38N2O7/c1-33-19-22-25(20-10-7-5-8-11-20)35-24(31)13-9-4-2-3-6-12-21(26(32)28-22)18-23(30)27-14-16-34-17-15-29/h3,5-8,10-11,21-22,25,29H,2,4,9,12-19H2,1H3,(H,27,30)(H,28,32)/t21-,22+,25+/m1/s1. The molecule has 1 heterocycles. The summed E-state index contributed by atoms with van der Waals surface area (Å²) in [5.41, 5.74) is 0.757. The van der Waals surface area contributed by atoms with Crippen LogP contribution in [0.25, 0.3) is 0 Å². The van der Waals surface area contributed by atoms with Gasteiger partial charge in [0.15, 0.2) is 0 Å². The molecule has 0 aliphatic carbocycles. The Hall–Kier alpha value is -2.75. The number of hydrogen-bond acceptors (Lipinski definition) is 7. The van der Waals surface area contributed by atoms with Crippen molar-refractivity contribution in [1.82, 2.24) is 10.6 Å². The predicted molar refractivity (Wildman–Crippen MR) is 130 cm³/mol. The average molecular weight is 491 g/mol. The van der Waals surface area contributed by atoms with Crippen molar-refractivity contribution in [3.8, 4) is 0 Å². The first-order valence-corrected chi connectivity index (χ1v) is 12.2. The number of allylic oxidation sites excluding steroid dienone is 2. The minimum absolute atomic E-state index is 0.00562. The van der Waals surface area contributed by atoms with Gasteiger partial charge in [0.2, 0.25) is 11.8 Å². The number of nitrogens with one attached hydrogen (secondary N) is 2. The van der Waals surface area contributed by atoms with Crippen molar-refractivity contribution in [2.24, 2.45) is 5.92 Å². The Morgan fingerprint density at radius 1 is 1.17 bits per heavy atom. The zero-order chi connectivity index (χ0) is 25.3. The Morgan fingerprint density at radius 3 is 2.71 bits per heavy atom. The van der Waals surface area contributed by atoms with Crippen molar-refractivity contribution >= 4 is 17.8 Å². The van der Waals surface area contributed by atoms with Gasteiger partial charge in [-0.2, -0.15) is 0 Å². The number of esters is 1. The maximum atomic E-state index is 13.3. The number of methoxy groups -OCH3 is 1. The van der Waals surface area contributed by atoms with Crippen molar-refractivity contribution in [2.45, 2.75) is 50.7 Å². The van der Waals surface area contributed by atoms with E-state index < -0.39 is 18.1 Å². The zero-order valence-electron chi connectivity index (χ0n) is 20.4. The molecule has 0 bridgehead atoms. The highest BCUT2D eigenvalue weighted by Gasteiger charge is 2.31. The molecule has 0 saturated heterocycles. The highest BCUT2D eigenvalue weighted by molar-refractivity contribution is 5.86. The molecule has 0 radical (unpaired) electrons. The molecular weight excluding hydrogens is 452 g/mol. The molecule has 0 fully saturated rings. The first-order valence-electron chi connectivity index (χ1n) is 12.2. The third kappa shape index (κ3) is 11.0. The summed E-state index contributed by atoms with van der Waals surface area (Å²) in [5.74, 6) is -1.49. The van der Waals surface area contributed by atoms with Crippen LogP contribution in [-0.4, -0.2) is 69.0 Å². The van der Waals surface area contributed by atoms with Crippen LogP contribution in [0.15, 0.2) is 42.5 Å². The second-order valence-corrected chi connectivity index (χ2v) is 8.43. The molecule has 35 heavy (non-hydrogen) atoms. The van der Waals surface area contributed by atoms with E-state index in [1.165, 1.54) is 7.11 Å². The third-order valence-electron chi connectivity index (χ3n) is 5.62. The van der Waals surface area contributed by atoms with E-state index in [0.29, 0.717) is 25.8 Å². The highest BCUT2D eigenvalue weighted by Crippen LogP contribution is 2.24. The van der Waals surface area contributed by atoms with Gasteiger partial charge in [-0.1, -0.05) is 42.5 Å². The van der Waals surface area contributed by atoms with Crippen LogP contribution in [0.2, 0.25) is 0 Å². The second-order valence-electron chi connectivity index (χ2n) is 8.43. The number of benzene rings is 1.